The van der Waals surface area contributed by atoms with Gasteiger partial charge < -0.3 is 9.79 Å². The molecule has 11 heavy (non-hydrogen) atoms. The maximum atomic E-state index is 10.6. The Morgan fingerprint density at radius 1 is 1.09 bits per heavy atom. The number of alkyl halides is 2. The molecule has 2 N–H and O–H groups in total. The highest BCUT2D eigenvalue weighted by Crippen LogP contribution is 2.59. The predicted octanol–water partition coefficient (Wildman–Crippen LogP) is 1.77. The lowest BCUT2D eigenvalue weighted by molar-refractivity contribution is 0.339. The fourth-order valence-electron chi connectivity index (χ4n) is 0.243. The number of rotatable bonds is 4. The number of hydrogen-bond acceptors (Lipinski definition) is 3. The minimum absolute atomic E-state index is 0.742. The van der Waals surface area contributed by atoms with E-state index in [1.54, 1.807) is 0 Å². The first-order valence-corrected chi connectivity index (χ1v) is 6.89. The second kappa shape index (κ2) is 4.24. The molecule has 5 nitrogen and oxygen atoms in total. The summed E-state index contributed by atoms with van der Waals surface area (Å²) in [6, 6.07) is 0. The van der Waals surface area contributed by atoms with Crippen LogP contribution in [0, 0.1) is 0 Å². The monoisotopic (exact) mass is 242 g/mol. The zero-order valence-corrected chi connectivity index (χ0v) is 8.48. The predicted molar refractivity (Wildman–Crippen MR) is 42.2 cm³/mol. The Hall–Kier alpha value is 0.920. The minimum atomic E-state index is -4.14. The molecular weight excluding hydrogens is 237 g/mol. The van der Waals surface area contributed by atoms with Gasteiger partial charge in [0.1, 0.15) is 11.2 Å². The van der Waals surface area contributed by atoms with Crippen molar-refractivity contribution < 1.29 is 23.2 Å². The van der Waals surface area contributed by atoms with E-state index < -0.39 is 26.4 Å². The molecule has 0 aromatic carbocycles. The Balaban J connectivity index is 4.26. The summed E-state index contributed by atoms with van der Waals surface area (Å²) < 4.78 is 25.0. The summed E-state index contributed by atoms with van der Waals surface area (Å²) in [5.74, 6) is 0. The summed E-state index contributed by atoms with van der Waals surface area (Å²) in [5, 5.41) is 0. The van der Waals surface area contributed by atoms with Crippen LogP contribution in [0.25, 0.3) is 0 Å². The fraction of sp³-hybridized carbons (Fsp3) is 1.00. The molecule has 0 spiro atoms. The molecule has 0 saturated heterocycles. The van der Waals surface area contributed by atoms with Gasteiger partial charge >= 0.3 is 15.2 Å². The van der Waals surface area contributed by atoms with Crippen LogP contribution in [0.5, 0.6) is 0 Å². The highest BCUT2D eigenvalue weighted by Gasteiger charge is 2.30. The summed E-state index contributed by atoms with van der Waals surface area (Å²) in [4.78, 5) is 17.2. The van der Waals surface area contributed by atoms with Crippen molar-refractivity contribution in [3.8, 4) is 0 Å². The van der Waals surface area contributed by atoms with Crippen molar-refractivity contribution in [3.05, 3.63) is 0 Å². The van der Waals surface area contributed by atoms with Crippen molar-refractivity contribution in [2.75, 3.05) is 11.2 Å². The molecular formula is C2H6Cl2O5P2. The van der Waals surface area contributed by atoms with Crippen molar-refractivity contribution in [2.45, 2.75) is 0 Å². The molecule has 2 atom stereocenters. The Labute approximate surface area is 73.3 Å². The van der Waals surface area contributed by atoms with Crippen molar-refractivity contribution in [1.82, 2.24) is 0 Å². The lowest BCUT2D eigenvalue weighted by atomic mass is 11.9. The van der Waals surface area contributed by atoms with Gasteiger partial charge in [-0.2, -0.15) is 0 Å². The van der Waals surface area contributed by atoms with Crippen LogP contribution in [0.3, 0.4) is 0 Å². The average Bonchev–Trinajstić information content (AvgIpc) is 1.86. The zero-order chi connectivity index (χ0) is 9.12. The van der Waals surface area contributed by atoms with E-state index in [2.05, 4.69) is 4.31 Å². The molecule has 0 aliphatic carbocycles. The maximum Gasteiger partial charge on any atom is 0.349 e. The largest absolute Gasteiger partial charge is 0.349 e. The van der Waals surface area contributed by atoms with Crippen LogP contribution < -0.4 is 0 Å². The van der Waals surface area contributed by atoms with E-state index in [0.29, 0.717) is 0 Å². The van der Waals surface area contributed by atoms with Gasteiger partial charge in [-0.1, -0.05) is 0 Å². The maximum absolute atomic E-state index is 10.6. The molecule has 0 heterocycles. The Bertz CT molecular complexity index is 195. The van der Waals surface area contributed by atoms with Gasteiger partial charge in [-0.25, -0.2) is 4.31 Å². The molecule has 0 aromatic heterocycles. The van der Waals surface area contributed by atoms with Gasteiger partial charge in [0.05, 0.1) is 0 Å². The van der Waals surface area contributed by atoms with Crippen molar-refractivity contribution in [1.29, 1.82) is 0 Å². The third kappa shape index (κ3) is 5.21. The highest BCUT2D eigenvalue weighted by molar-refractivity contribution is 7.67. The first-order valence-electron chi connectivity index (χ1n) is 2.30. The molecule has 0 bridgehead atoms. The molecule has 0 aliphatic rings. The van der Waals surface area contributed by atoms with Crippen molar-refractivity contribution in [2.24, 2.45) is 0 Å². The van der Waals surface area contributed by atoms with Crippen LogP contribution in [0.4, 0.5) is 0 Å². The van der Waals surface area contributed by atoms with Gasteiger partial charge in [-0.3, -0.25) is 9.13 Å². The minimum Gasteiger partial charge on any atom is -0.323 e. The van der Waals surface area contributed by atoms with Crippen LogP contribution >= 0.6 is 38.4 Å². The Morgan fingerprint density at radius 2 is 1.36 bits per heavy atom. The Kier molecular flexibility index (Phi) is 4.59. The molecule has 0 amide bonds. The van der Waals surface area contributed by atoms with Gasteiger partial charge in [-0.05, 0) is 0 Å². The van der Waals surface area contributed by atoms with Crippen LogP contribution in [-0.4, -0.2) is 21.0 Å². The second-order valence-corrected chi connectivity index (χ2v) is 6.71. The van der Waals surface area contributed by atoms with E-state index >= 15 is 0 Å². The third-order valence-electron chi connectivity index (χ3n) is 0.557. The number of halogens is 2. The highest BCUT2D eigenvalue weighted by atomic mass is 35.5. The SMILES string of the molecule is O=P(O)(CCl)OP(=O)(O)CCl. The Morgan fingerprint density at radius 3 is 1.55 bits per heavy atom. The van der Waals surface area contributed by atoms with Crippen LogP contribution in [0.1, 0.15) is 0 Å². The lowest BCUT2D eigenvalue weighted by Crippen LogP contribution is -1.90. The van der Waals surface area contributed by atoms with Crippen LogP contribution in [0.15, 0.2) is 0 Å². The van der Waals surface area contributed by atoms with Crippen molar-refractivity contribution >= 4 is 38.4 Å². The van der Waals surface area contributed by atoms with E-state index in [1.807, 2.05) is 0 Å². The van der Waals surface area contributed by atoms with E-state index in [0.717, 1.165) is 0 Å². The van der Waals surface area contributed by atoms with Gasteiger partial charge in [0.25, 0.3) is 0 Å². The summed E-state index contributed by atoms with van der Waals surface area (Å²) in [6.07, 6.45) is 0. The van der Waals surface area contributed by atoms with Gasteiger partial charge in [0, 0.05) is 0 Å². The molecule has 0 aliphatic heterocycles. The van der Waals surface area contributed by atoms with Crippen molar-refractivity contribution in [3.63, 3.8) is 0 Å². The van der Waals surface area contributed by atoms with E-state index in [1.165, 1.54) is 0 Å². The molecule has 68 valence electrons. The zero-order valence-electron chi connectivity index (χ0n) is 5.18. The average molecular weight is 243 g/mol. The quantitative estimate of drug-likeness (QED) is 0.580. The van der Waals surface area contributed by atoms with Gasteiger partial charge in [-0.15, -0.1) is 23.2 Å². The smallest absolute Gasteiger partial charge is 0.323 e. The first kappa shape index (κ1) is 11.9. The van der Waals surface area contributed by atoms with E-state index in [4.69, 9.17) is 33.0 Å². The summed E-state index contributed by atoms with van der Waals surface area (Å²) in [5.41, 5.74) is -1.48. The van der Waals surface area contributed by atoms with Crippen LogP contribution in [0.2, 0.25) is 0 Å². The molecule has 0 aromatic rings. The molecule has 2 unspecified atom stereocenters. The fourth-order valence-corrected chi connectivity index (χ4v) is 2.97. The molecule has 0 fully saturated rings. The van der Waals surface area contributed by atoms with Gasteiger partial charge in [0.15, 0.2) is 0 Å². The molecule has 0 radical (unpaired) electrons. The van der Waals surface area contributed by atoms with E-state index in [9.17, 15) is 9.13 Å². The summed E-state index contributed by atoms with van der Waals surface area (Å²) in [7, 11) is -8.29. The molecule has 9 heteroatoms. The molecule has 0 rings (SSSR count). The topological polar surface area (TPSA) is 83.8 Å². The third-order valence-corrected chi connectivity index (χ3v) is 5.02. The van der Waals surface area contributed by atoms with Gasteiger partial charge in [0.2, 0.25) is 0 Å². The first-order chi connectivity index (χ1) is 4.83. The number of hydrogen-bond donors (Lipinski definition) is 2. The summed E-state index contributed by atoms with van der Waals surface area (Å²) in [6.45, 7) is 0. The lowest BCUT2D eigenvalue weighted by Gasteiger charge is -2.11. The van der Waals surface area contributed by atoms with Crippen LogP contribution in [-0.2, 0) is 13.4 Å². The summed E-state index contributed by atoms with van der Waals surface area (Å²) >= 11 is 9.89. The normalized spacial score (nSPS) is 22.2. The standard InChI is InChI=1S/C2H6Cl2O5P2/c3-1-10(5,6)9-11(7,8)2-4/h1-2H2,(H,5,6)(H,7,8). The van der Waals surface area contributed by atoms with E-state index in [-0.39, 0.29) is 0 Å². The molecule has 0 saturated carbocycles. The second-order valence-electron chi connectivity index (χ2n) is 1.60.